The van der Waals surface area contributed by atoms with E-state index in [2.05, 4.69) is 32.6 Å². The molecule has 0 amide bonds. The fourth-order valence-corrected chi connectivity index (χ4v) is 3.44. The molecule has 1 aliphatic rings. The SMILES string of the molecule is CCn1cc(CN(CCO)C[C@H]2COC(C)(C)O2)c2ncnc(OC)c21. The van der Waals surface area contributed by atoms with Crippen LogP contribution in [0.5, 0.6) is 5.88 Å². The molecule has 2 aromatic rings. The van der Waals surface area contributed by atoms with E-state index >= 15 is 0 Å². The molecule has 0 unspecified atom stereocenters. The molecule has 0 radical (unpaired) electrons. The van der Waals surface area contributed by atoms with Crippen LogP contribution in [0.3, 0.4) is 0 Å². The molecule has 1 aliphatic heterocycles. The number of aryl methyl sites for hydroxylation is 1. The first-order valence-corrected chi connectivity index (χ1v) is 8.99. The lowest BCUT2D eigenvalue weighted by atomic mass is 10.2. The summed E-state index contributed by atoms with van der Waals surface area (Å²) in [6.45, 7) is 9.25. The fraction of sp³-hybridized carbons (Fsp3) is 0.667. The Morgan fingerprint density at radius 2 is 2.23 bits per heavy atom. The number of hydrogen-bond donors (Lipinski definition) is 1. The summed E-state index contributed by atoms with van der Waals surface area (Å²) in [5, 5.41) is 9.47. The Morgan fingerprint density at radius 3 is 2.85 bits per heavy atom. The van der Waals surface area contributed by atoms with Crippen LogP contribution >= 0.6 is 0 Å². The van der Waals surface area contributed by atoms with Crippen molar-refractivity contribution < 1.29 is 19.3 Å². The van der Waals surface area contributed by atoms with E-state index in [4.69, 9.17) is 14.2 Å². The fourth-order valence-electron chi connectivity index (χ4n) is 3.44. The molecule has 2 aromatic heterocycles. The van der Waals surface area contributed by atoms with Crippen molar-refractivity contribution in [2.75, 3.05) is 33.4 Å². The minimum Gasteiger partial charge on any atom is -0.479 e. The van der Waals surface area contributed by atoms with Gasteiger partial charge in [0.25, 0.3) is 0 Å². The minimum absolute atomic E-state index is 0.0137. The number of aliphatic hydroxyl groups excluding tert-OH is 1. The van der Waals surface area contributed by atoms with Gasteiger partial charge in [-0.25, -0.2) is 4.98 Å². The normalized spacial score (nSPS) is 19.5. The second-order valence-corrected chi connectivity index (χ2v) is 6.93. The molecule has 0 aliphatic carbocycles. The number of aromatic nitrogens is 3. The molecule has 8 nitrogen and oxygen atoms in total. The zero-order valence-corrected chi connectivity index (χ0v) is 15.9. The molecule has 1 fully saturated rings. The van der Waals surface area contributed by atoms with Crippen LogP contribution in [0.2, 0.25) is 0 Å². The lowest BCUT2D eigenvalue weighted by Crippen LogP contribution is -2.36. The van der Waals surface area contributed by atoms with E-state index in [1.165, 1.54) is 6.33 Å². The van der Waals surface area contributed by atoms with E-state index in [0.717, 1.165) is 23.1 Å². The van der Waals surface area contributed by atoms with Gasteiger partial charge in [0.05, 0.1) is 26.4 Å². The molecule has 3 heterocycles. The third-order valence-corrected chi connectivity index (χ3v) is 4.57. The molecule has 144 valence electrons. The highest BCUT2D eigenvalue weighted by Crippen LogP contribution is 2.28. The van der Waals surface area contributed by atoms with Crippen LogP contribution < -0.4 is 4.74 Å². The Hall–Kier alpha value is -1.74. The van der Waals surface area contributed by atoms with E-state index in [1.54, 1.807) is 7.11 Å². The van der Waals surface area contributed by atoms with Gasteiger partial charge < -0.3 is 23.9 Å². The predicted octanol–water partition coefficient (Wildman–Crippen LogP) is 1.41. The van der Waals surface area contributed by atoms with Crippen LogP contribution in [0.25, 0.3) is 11.0 Å². The maximum Gasteiger partial charge on any atom is 0.241 e. The van der Waals surface area contributed by atoms with Crippen molar-refractivity contribution in [1.29, 1.82) is 0 Å². The van der Waals surface area contributed by atoms with Gasteiger partial charge in [-0.15, -0.1) is 0 Å². The molecule has 1 N–H and O–H groups in total. The first kappa shape index (κ1) is 19.0. The average Bonchev–Trinajstić information content (AvgIpc) is 3.14. The van der Waals surface area contributed by atoms with Crippen LogP contribution in [-0.2, 0) is 22.6 Å². The Morgan fingerprint density at radius 1 is 1.42 bits per heavy atom. The van der Waals surface area contributed by atoms with Crippen LogP contribution in [0.1, 0.15) is 26.3 Å². The lowest BCUT2D eigenvalue weighted by Gasteiger charge is -2.24. The van der Waals surface area contributed by atoms with Crippen LogP contribution in [0.4, 0.5) is 0 Å². The predicted molar refractivity (Wildman–Crippen MR) is 97.0 cm³/mol. The second kappa shape index (κ2) is 7.87. The summed E-state index contributed by atoms with van der Waals surface area (Å²) < 4.78 is 19.1. The maximum atomic E-state index is 9.47. The highest BCUT2D eigenvalue weighted by molar-refractivity contribution is 5.83. The van der Waals surface area contributed by atoms with E-state index < -0.39 is 5.79 Å². The zero-order valence-electron chi connectivity index (χ0n) is 15.9. The molecule has 3 rings (SSSR count). The van der Waals surface area contributed by atoms with Crippen molar-refractivity contribution in [1.82, 2.24) is 19.4 Å². The number of ether oxygens (including phenoxy) is 3. The first-order chi connectivity index (χ1) is 12.5. The summed E-state index contributed by atoms with van der Waals surface area (Å²) >= 11 is 0. The van der Waals surface area contributed by atoms with Gasteiger partial charge >= 0.3 is 0 Å². The largest absolute Gasteiger partial charge is 0.479 e. The summed E-state index contributed by atoms with van der Waals surface area (Å²) in [7, 11) is 1.62. The van der Waals surface area contributed by atoms with Crippen molar-refractivity contribution in [3.8, 4) is 5.88 Å². The van der Waals surface area contributed by atoms with Gasteiger partial charge in [-0.1, -0.05) is 0 Å². The molecular formula is C18H28N4O4. The highest BCUT2D eigenvalue weighted by atomic mass is 16.7. The number of methoxy groups -OCH3 is 1. The second-order valence-electron chi connectivity index (χ2n) is 6.93. The topological polar surface area (TPSA) is 81.9 Å². The summed E-state index contributed by atoms with van der Waals surface area (Å²) in [4.78, 5) is 10.9. The van der Waals surface area contributed by atoms with E-state index in [-0.39, 0.29) is 12.7 Å². The maximum absolute atomic E-state index is 9.47. The van der Waals surface area contributed by atoms with Crippen LogP contribution in [0.15, 0.2) is 12.5 Å². The summed E-state index contributed by atoms with van der Waals surface area (Å²) in [5.41, 5.74) is 2.86. The smallest absolute Gasteiger partial charge is 0.241 e. The van der Waals surface area contributed by atoms with Gasteiger partial charge in [-0.2, -0.15) is 4.98 Å². The Labute approximate surface area is 153 Å². The van der Waals surface area contributed by atoms with Crippen molar-refractivity contribution in [3.05, 3.63) is 18.1 Å². The van der Waals surface area contributed by atoms with Gasteiger partial charge in [0.15, 0.2) is 5.79 Å². The van der Waals surface area contributed by atoms with Gasteiger partial charge in [-0.3, -0.25) is 4.90 Å². The van der Waals surface area contributed by atoms with Gasteiger partial charge in [0.1, 0.15) is 17.4 Å². The van der Waals surface area contributed by atoms with Gasteiger partial charge in [0, 0.05) is 37.9 Å². The molecule has 8 heteroatoms. The molecular weight excluding hydrogens is 336 g/mol. The monoisotopic (exact) mass is 364 g/mol. The molecule has 1 saturated heterocycles. The third kappa shape index (κ3) is 3.98. The minimum atomic E-state index is -0.547. The van der Waals surface area contributed by atoms with Crippen molar-refractivity contribution in [2.45, 2.75) is 45.8 Å². The molecule has 1 atom stereocenters. The molecule has 0 spiro atoms. The number of nitrogens with zero attached hydrogens (tertiary/aromatic N) is 4. The molecule has 0 aromatic carbocycles. The van der Waals surface area contributed by atoms with E-state index in [9.17, 15) is 5.11 Å². The van der Waals surface area contributed by atoms with Crippen LogP contribution in [0, 0.1) is 0 Å². The number of rotatable bonds is 8. The Kier molecular flexibility index (Phi) is 5.76. The van der Waals surface area contributed by atoms with Crippen LogP contribution in [-0.4, -0.2) is 69.8 Å². The standard InChI is InChI=1S/C18H28N4O4/c1-5-22-9-13(15-16(22)17(24-4)20-12-19-15)8-21(6-7-23)10-14-11-25-18(2,3)26-14/h9,12,14,23H,5-8,10-11H2,1-4H3/t14-/m0/s1. The zero-order chi connectivity index (χ0) is 18.7. The average molecular weight is 364 g/mol. The van der Waals surface area contributed by atoms with Crippen molar-refractivity contribution in [2.24, 2.45) is 0 Å². The molecule has 0 bridgehead atoms. The molecule has 0 saturated carbocycles. The summed E-state index contributed by atoms with van der Waals surface area (Å²) in [6, 6.07) is 0. The molecule has 26 heavy (non-hydrogen) atoms. The third-order valence-electron chi connectivity index (χ3n) is 4.57. The van der Waals surface area contributed by atoms with Crippen molar-refractivity contribution in [3.63, 3.8) is 0 Å². The summed E-state index contributed by atoms with van der Waals surface area (Å²) in [6.07, 6.45) is 3.60. The highest BCUT2D eigenvalue weighted by Gasteiger charge is 2.33. The number of aliphatic hydroxyl groups is 1. The Bertz CT molecular complexity index is 746. The van der Waals surface area contributed by atoms with Crippen molar-refractivity contribution >= 4 is 11.0 Å². The Balaban J connectivity index is 1.83. The van der Waals surface area contributed by atoms with E-state index in [0.29, 0.717) is 32.1 Å². The first-order valence-electron chi connectivity index (χ1n) is 8.99. The van der Waals surface area contributed by atoms with Gasteiger partial charge in [0.2, 0.25) is 5.88 Å². The van der Waals surface area contributed by atoms with E-state index in [1.807, 2.05) is 13.8 Å². The lowest BCUT2D eigenvalue weighted by molar-refractivity contribution is -0.140. The number of hydrogen-bond acceptors (Lipinski definition) is 7. The quantitative estimate of drug-likeness (QED) is 0.758. The number of fused-ring (bicyclic) bond motifs is 1. The summed E-state index contributed by atoms with van der Waals surface area (Å²) in [5.74, 6) is 0.0278. The van der Waals surface area contributed by atoms with Gasteiger partial charge in [-0.05, 0) is 20.8 Å².